The van der Waals surface area contributed by atoms with Crippen molar-refractivity contribution in [2.75, 3.05) is 7.11 Å². The Morgan fingerprint density at radius 2 is 1.68 bits per heavy atom. The van der Waals surface area contributed by atoms with E-state index in [-0.39, 0.29) is 22.7 Å². The van der Waals surface area contributed by atoms with Gasteiger partial charge in [-0.2, -0.15) is 10.2 Å². The van der Waals surface area contributed by atoms with Gasteiger partial charge >= 0.3 is 0 Å². The number of hydrogen-bond donors (Lipinski definition) is 2. The van der Waals surface area contributed by atoms with Crippen LogP contribution in [0.5, 0.6) is 17.2 Å². The molecule has 0 atom stereocenters. The molecule has 6 nitrogen and oxygen atoms in total. The molecule has 0 saturated heterocycles. The van der Waals surface area contributed by atoms with Crippen molar-refractivity contribution in [1.29, 1.82) is 0 Å². The van der Waals surface area contributed by atoms with Gasteiger partial charge in [0.1, 0.15) is 11.4 Å². The highest BCUT2D eigenvalue weighted by Crippen LogP contribution is 2.36. The molecule has 0 bridgehead atoms. The van der Waals surface area contributed by atoms with Crippen molar-refractivity contribution < 1.29 is 14.9 Å². The summed E-state index contributed by atoms with van der Waals surface area (Å²) in [6, 6.07) is 15.5. The van der Waals surface area contributed by atoms with Crippen molar-refractivity contribution >= 4 is 34.9 Å². The molecule has 160 valence electrons. The molecule has 0 aromatic heterocycles. The van der Waals surface area contributed by atoms with Crippen molar-refractivity contribution in [3.8, 4) is 17.2 Å². The van der Waals surface area contributed by atoms with Crippen LogP contribution in [-0.2, 0) is 5.41 Å². The highest BCUT2D eigenvalue weighted by atomic mass is 35.5. The SMILES string of the molecule is COc1cc(N=Nc2cccc(Cl)c2)cc(C=Nc2cc(C(C)(C)C)ccc2O)c1O. The van der Waals surface area contributed by atoms with Crippen molar-refractivity contribution in [3.63, 3.8) is 0 Å². The zero-order valence-electron chi connectivity index (χ0n) is 17.8. The van der Waals surface area contributed by atoms with E-state index in [9.17, 15) is 10.2 Å². The molecule has 7 heteroatoms. The number of aliphatic imine (C=N–C) groups is 1. The minimum atomic E-state index is -0.0933. The number of ether oxygens (including phenoxy) is 1. The predicted octanol–water partition coefficient (Wildman–Crippen LogP) is 7.22. The topological polar surface area (TPSA) is 86.8 Å². The van der Waals surface area contributed by atoms with Crippen LogP contribution in [0.3, 0.4) is 0 Å². The zero-order chi connectivity index (χ0) is 22.6. The highest BCUT2D eigenvalue weighted by molar-refractivity contribution is 6.30. The van der Waals surface area contributed by atoms with Gasteiger partial charge < -0.3 is 14.9 Å². The fraction of sp³-hybridized carbons (Fsp3) is 0.208. The Balaban J connectivity index is 1.97. The number of rotatable bonds is 5. The summed E-state index contributed by atoms with van der Waals surface area (Å²) in [5.74, 6) is 0.198. The van der Waals surface area contributed by atoms with Gasteiger partial charge in [0, 0.05) is 22.9 Å². The molecule has 0 amide bonds. The molecular weight excluding hydrogens is 414 g/mol. The highest BCUT2D eigenvalue weighted by Gasteiger charge is 2.15. The van der Waals surface area contributed by atoms with E-state index < -0.39 is 0 Å². The van der Waals surface area contributed by atoms with Crippen LogP contribution in [0.25, 0.3) is 0 Å². The first kappa shape index (κ1) is 22.3. The Morgan fingerprint density at radius 1 is 0.935 bits per heavy atom. The molecule has 0 aliphatic carbocycles. The van der Waals surface area contributed by atoms with E-state index in [2.05, 4.69) is 36.0 Å². The Hall–Kier alpha value is -3.38. The molecule has 0 saturated carbocycles. The average Bonchev–Trinajstić information content (AvgIpc) is 2.72. The molecule has 0 fully saturated rings. The summed E-state index contributed by atoms with van der Waals surface area (Å²) in [5, 5.41) is 29.6. The molecule has 2 N–H and O–H groups in total. The standard InChI is InChI=1S/C24H24ClN3O3/c1-24(2,3)16-8-9-21(29)20(11-16)26-14-15-10-19(13-22(31-4)23(15)30)28-27-18-7-5-6-17(25)12-18/h5-14,29-30H,1-4H3. The molecular formula is C24H24ClN3O3. The second kappa shape index (κ2) is 9.18. The van der Waals surface area contributed by atoms with Crippen LogP contribution in [0, 0.1) is 0 Å². The maximum absolute atomic E-state index is 10.5. The molecule has 0 aliphatic rings. The maximum Gasteiger partial charge on any atom is 0.166 e. The number of hydrogen-bond acceptors (Lipinski definition) is 6. The summed E-state index contributed by atoms with van der Waals surface area (Å²) < 4.78 is 5.25. The lowest BCUT2D eigenvalue weighted by Crippen LogP contribution is -2.10. The minimum absolute atomic E-state index is 0.0486. The number of benzene rings is 3. The first-order chi connectivity index (χ1) is 14.7. The Labute approximate surface area is 186 Å². The van der Waals surface area contributed by atoms with Gasteiger partial charge in [0.05, 0.1) is 18.5 Å². The van der Waals surface area contributed by atoms with E-state index in [1.807, 2.05) is 12.1 Å². The van der Waals surface area contributed by atoms with Gasteiger partial charge in [-0.1, -0.05) is 44.5 Å². The van der Waals surface area contributed by atoms with Gasteiger partial charge in [0.15, 0.2) is 11.5 Å². The van der Waals surface area contributed by atoms with Crippen LogP contribution in [0.15, 0.2) is 69.8 Å². The quantitative estimate of drug-likeness (QED) is 0.326. The van der Waals surface area contributed by atoms with Crippen molar-refractivity contribution in [3.05, 3.63) is 70.7 Å². The fourth-order valence-corrected chi connectivity index (χ4v) is 3.00. The number of nitrogens with zero attached hydrogens (tertiary/aromatic N) is 3. The zero-order valence-corrected chi connectivity index (χ0v) is 18.6. The van der Waals surface area contributed by atoms with E-state index in [1.54, 1.807) is 42.5 Å². The summed E-state index contributed by atoms with van der Waals surface area (Å²) >= 11 is 5.98. The Morgan fingerprint density at radius 3 is 2.35 bits per heavy atom. The van der Waals surface area contributed by atoms with E-state index in [0.717, 1.165) is 5.56 Å². The van der Waals surface area contributed by atoms with Crippen molar-refractivity contribution in [1.82, 2.24) is 0 Å². The number of halogens is 1. The molecule has 0 spiro atoms. The van der Waals surface area contributed by atoms with Crippen LogP contribution in [0.2, 0.25) is 5.02 Å². The molecule has 0 unspecified atom stereocenters. The Bertz CT molecular complexity index is 1150. The number of aromatic hydroxyl groups is 2. The van der Waals surface area contributed by atoms with Gasteiger partial charge in [-0.25, -0.2) is 0 Å². The molecule has 0 aliphatic heterocycles. The van der Waals surface area contributed by atoms with Crippen LogP contribution in [-0.4, -0.2) is 23.5 Å². The maximum atomic E-state index is 10.5. The molecule has 3 aromatic carbocycles. The smallest absolute Gasteiger partial charge is 0.166 e. The summed E-state index contributed by atoms with van der Waals surface area (Å²) in [6.07, 6.45) is 1.46. The van der Waals surface area contributed by atoms with Gasteiger partial charge in [-0.15, -0.1) is 0 Å². The third-order valence-electron chi connectivity index (χ3n) is 4.58. The van der Waals surface area contributed by atoms with E-state index in [1.165, 1.54) is 13.3 Å². The van der Waals surface area contributed by atoms with Crippen LogP contribution in [0.1, 0.15) is 31.9 Å². The van der Waals surface area contributed by atoms with E-state index in [0.29, 0.717) is 27.6 Å². The average molecular weight is 438 g/mol. The normalized spacial score (nSPS) is 12.0. The van der Waals surface area contributed by atoms with E-state index >= 15 is 0 Å². The Kier molecular flexibility index (Phi) is 6.61. The van der Waals surface area contributed by atoms with Crippen molar-refractivity contribution in [2.24, 2.45) is 15.2 Å². The second-order valence-corrected chi connectivity index (χ2v) is 8.41. The van der Waals surface area contributed by atoms with Crippen LogP contribution in [0.4, 0.5) is 17.1 Å². The van der Waals surface area contributed by atoms with Crippen molar-refractivity contribution in [2.45, 2.75) is 26.2 Å². The summed E-state index contributed by atoms with van der Waals surface area (Å²) in [5.41, 5.74) is 2.77. The third-order valence-corrected chi connectivity index (χ3v) is 4.82. The molecule has 3 aromatic rings. The number of methoxy groups -OCH3 is 1. The molecule has 3 rings (SSSR count). The van der Waals surface area contributed by atoms with Crippen LogP contribution < -0.4 is 4.74 Å². The lowest BCUT2D eigenvalue weighted by atomic mass is 9.87. The van der Waals surface area contributed by atoms with Gasteiger partial charge in [0.25, 0.3) is 0 Å². The lowest BCUT2D eigenvalue weighted by molar-refractivity contribution is 0.373. The molecule has 0 heterocycles. The lowest BCUT2D eigenvalue weighted by Gasteiger charge is -2.19. The minimum Gasteiger partial charge on any atom is -0.506 e. The fourth-order valence-electron chi connectivity index (χ4n) is 2.81. The number of phenolic OH excluding ortho intramolecular Hbond substituents is 2. The van der Waals surface area contributed by atoms with Gasteiger partial charge in [-0.3, -0.25) is 4.99 Å². The monoisotopic (exact) mass is 437 g/mol. The van der Waals surface area contributed by atoms with Gasteiger partial charge in [-0.05, 0) is 47.4 Å². The first-order valence-electron chi connectivity index (χ1n) is 9.63. The molecule has 31 heavy (non-hydrogen) atoms. The summed E-state index contributed by atoms with van der Waals surface area (Å²) in [4.78, 5) is 4.38. The predicted molar refractivity (Wildman–Crippen MR) is 124 cm³/mol. The second-order valence-electron chi connectivity index (χ2n) is 7.98. The largest absolute Gasteiger partial charge is 0.506 e. The number of phenols is 2. The third kappa shape index (κ3) is 5.61. The van der Waals surface area contributed by atoms with Gasteiger partial charge in [0.2, 0.25) is 0 Å². The van der Waals surface area contributed by atoms with E-state index in [4.69, 9.17) is 16.3 Å². The number of azo groups is 1. The van der Waals surface area contributed by atoms with Crippen LogP contribution >= 0.6 is 11.6 Å². The molecule has 0 radical (unpaired) electrons. The summed E-state index contributed by atoms with van der Waals surface area (Å²) in [7, 11) is 1.45. The summed E-state index contributed by atoms with van der Waals surface area (Å²) in [6.45, 7) is 6.24. The first-order valence-corrected chi connectivity index (χ1v) is 10.0.